The SMILES string of the molecule is CCOc1ccc(CC(=O)N2CCN(c3cccc(CN(C)C)c3)CC2)cc1. The Morgan fingerprint density at radius 1 is 1.00 bits per heavy atom. The third-order valence-electron chi connectivity index (χ3n) is 5.00. The van der Waals surface area contributed by atoms with Gasteiger partial charge in [0.2, 0.25) is 5.91 Å². The highest BCUT2D eigenvalue weighted by molar-refractivity contribution is 5.79. The van der Waals surface area contributed by atoms with Gasteiger partial charge in [0.25, 0.3) is 0 Å². The Morgan fingerprint density at radius 2 is 1.71 bits per heavy atom. The fourth-order valence-electron chi connectivity index (χ4n) is 3.59. The zero-order chi connectivity index (χ0) is 19.9. The van der Waals surface area contributed by atoms with Crippen molar-refractivity contribution in [3.8, 4) is 5.75 Å². The van der Waals surface area contributed by atoms with Crippen LogP contribution in [0.2, 0.25) is 0 Å². The Hall–Kier alpha value is -2.53. The van der Waals surface area contributed by atoms with Crippen LogP contribution in [-0.4, -0.2) is 62.6 Å². The summed E-state index contributed by atoms with van der Waals surface area (Å²) in [6, 6.07) is 16.5. The molecule has 5 heteroatoms. The number of nitrogens with zero attached hydrogens (tertiary/aromatic N) is 3. The summed E-state index contributed by atoms with van der Waals surface area (Å²) in [5.74, 6) is 1.05. The van der Waals surface area contributed by atoms with E-state index in [0.717, 1.165) is 44.0 Å². The van der Waals surface area contributed by atoms with Gasteiger partial charge in [-0.25, -0.2) is 0 Å². The van der Waals surface area contributed by atoms with Crippen molar-refractivity contribution >= 4 is 11.6 Å². The van der Waals surface area contributed by atoms with Crippen LogP contribution in [0.4, 0.5) is 5.69 Å². The van der Waals surface area contributed by atoms with E-state index in [9.17, 15) is 4.79 Å². The second kappa shape index (κ2) is 9.60. The average Bonchev–Trinajstić information content (AvgIpc) is 2.69. The average molecular weight is 382 g/mol. The van der Waals surface area contributed by atoms with Gasteiger partial charge in [0.05, 0.1) is 13.0 Å². The molecule has 1 saturated heterocycles. The molecule has 1 amide bonds. The van der Waals surface area contributed by atoms with Gasteiger partial charge in [0, 0.05) is 38.4 Å². The monoisotopic (exact) mass is 381 g/mol. The minimum absolute atomic E-state index is 0.199. The number of rotatable bonds is 7. The van der Waals surface area contributed by atoms with Gasteiger partial charge in [0.1, 0.15) is 5.75 Å². The van der Waals surface area contributed by atoms with Crippen molar-refractivity contribution < 1.29 is 9.53 Å². The minimum atomic E-state index is 0.199. The van der Waals surface area contributed by atoms with Crippen LogP contribution in [0.1, 0.15) is 18.1 Å². The molecule has 0 aliphatic carbocycles. The van der Waals surface area contributed by atoms with Crippen molar-refractivity contribution in [2.24, 2.45) is 0 Å². The molecule has 0 radical (unpaired) electrons. The van der Waals surface area contributed by atoms with Gasteiger partial charge >= 0.3 is 0 Å². The largest absolute Gasteiger partial charge is 0.494 e. The second-order valence-corrected chi connectivity index (χ2v) is 7.53. The molecule has 2 aromatic carbocycles. The summed E-state index contributed by atoms with van der Waals surface area (Å²) in [7, 11) is 4.17. The molecule has 1 heterocycles. The Labute approximate surface area is 168 Å². The highest BCUT2D eigenvalue weighted by Gasteiger charge is 2.21. The summed E-state index contributed by atoms with van der Waals surface area (Å²) in [5.41, 5.74) is 3.60. The molecule has 1 aliphatic heterocycles. The minimum Gasteiger partial charge on any atom is -0.494 e. The Balaban J connectivity index is 1.52. The number of hydrogen-bond acceptors (Lipinski definition) is 4. The van der Waals surface area contributed by atoms with Crippen molar-refractivity contribution in [1.29, 1.82) is 0 Å². The number of anilines is 1. The molecule has 3 rings (SSSR count). The molecule has 0 unspecified atom stereocenters. The molecule has 0 spiro atoms. The van der Waals surface area contributed by atoms with Crippen molar-refractivity contribution in [3.63, 3.8) is 0 Å². The molecular formula is C23H31N3O2. The van der Waals surface area contributed by atoms with Crippen LogP contribution in [0.25, 0.3) is 0 Å². The highest BCUT2D eigenvalue weighted by Crippen LogP contribution is 2.19. The Bertz CT molecular complexity index is 766. The van der Waals surface area contributed by atoms with Gasteiger partial charge in [-0.2, -0.15) is 0 Å². The fourth-order valence-corrected chi connectivity index (χ4v) is 3.59. The van der Waals surface area contributed by atoms with Crippen LogP contribution in [-0.2, 0) is 17.8 Å². The lowest BCUT2D eigenvalue weighted by molar-refractivity contribution is -0.130. The maximum absolute atomic E-state index is 12.7. The molecule has 0 saturated carbocycles. The number of carbonyl (C=O) groups excluding carboxylic acids is 1. The van der Waals surface area contributed by atoms with E-state index in [1.165, 1.54) is 11.3 Å². The first kappa shape index (κ1) is 20.2. The lowest BCUT2D eigenvalue weighted by Crippen LogP contribution is -2.49. The van der Waals surface area contributed by atoms with Gasteiger partial charge in [-0.15, -0.1) is 0 Å². The van der Waals surface area contributed by atoms with Crippen LogP contribution in [0.5, 0.6) is 5.75 Å². The molecular weight excluding hydrogens is 350 g/mol. The number of carbonyl (C=O) groups is 1. The molecule has 28 heavy (non-hydrogen) atoms. The summed E-state index contributed by atoms with van der Waals surface area (Å²) in [6.45, 7) is 6.85. The summed E-state index contributed by atoms with van der Waals surface area (Å²) < 4.78 is 5.46. The van der Waals surface area contributed by atoms with E-state index in [4.69, 9.17) is 4.74 Å². The molecule has 0 aromatic heterocycles. The third kappa shape index (κ3) is 5.49. The zero-order valence-corrected chi connectivity index (χ0v) is 17.2. The quantitative estimate of drug-likeness (QED) is 0.739. The zero-order valence-electron chi connectivity index (χ0n) is 17.2. The van der Waals surface area contributed by atoms with Crippen molar-refractivity contribution in [3.05, 3.63) is 59.7 Å². The van der Waals surface area contributed by atoms with Crippen LogP contribution in [0.15, 0.2) is 48.5 Å². The first-order chi connectivity index (χ1) is 13.5. The van der Waals surface area contributed by atoms with Crippen molar-refractivity contribution in [2.75, 3.05) is 51.8 Å². The van der Waals surface area contributed by atoms with Crippen LogP contribution in [0.3, 0.4) is 0 Å². The maximum Gasteiger partial charge on any atom is 0.227 e. The predicted octanol–water partition coefficient (Wildman–Crippen LogP) is 3.04. The third-order valence-corrected chi connectivity index (χ3v) is 5.00. The van der Waals surface area contributed by atoms with E-state index in [1.54, 1.807) is 0 Å². The lowest BCUT2D eigenvalue weighted by atomic mass is 10.1. The summed E-state index contributed by atoms with van der Waals surface area (Å²) in [5, 5.41) is 0. The van der Waals surface area contributed by atoms with Crippen molar-refractivity contribution in [1.82, 2.24) is 9.80 Å². The van der Waals surface area contributed by atoms with E-state index in [0.29, 0.717) is 13.0 Å². The Kier molecular flexibility index (Phi) is 6.93. The Morgan fingerprint density at radius 3 is 2.36 bits per heavy atom. The summed E-state index contributed by atoms with van der Waals surface area (Å²) in [4.78, 5) is 19.2. The van der Waals surface area contributed by atoms with Gasteiger partial charge in [0.15, 0.2) is 0 Å². The molecule has 0 atom stereocenters. The van der Waals surface area contributed by atoms with E-state index in [1.807, 2.05) is 36.1 Å². The molecule has 1 fully saturated rings. The van der Waals surface area contributed by atoms with Gasteiger partial charge in [-0.3, -0.25) is 4.79 Å². The first-order valence-electron chi connectivity index (χ1n) is 10.0. The number of piperazine rings is 1. The molecule has 5 nitrogen and oxygen atoms in total. The normalized spacial score (nSPS) is 14.4. The van der Waals surface area contributed by atoms with Gasteiger partial charge in [-0.05, 0) is 56.4 Å². The van der Waals surface area contributed by atoms with Crippen molar-refractivity contribution in [2.45, 2.75) is 19.9 Å². The number of ether oxygens (including phenoxy) is 1. The molecule has 0 N–H and O–H groups in total. The molecule has 2 aromatic rings. The molecule has 150 valence electrons. The second-order valence-electron chi connectivity index (χ2n) is 7.53. The fraction of sp³-hybridized carbons (Fsp3) is 0.435. The van der Waals surface area contributed by atoms with E-state index < -0.39 is 0 Å². The first-order valence-corrected chi connectivity index (χ1v) is 10.0. The molecule has 1 aliphatic rings. The maximum atomic E-state index is 12.7. The van der Waals surface area contributed by atoms with Gasteiger partial charge < -0.3 is 19.4 Å². The van der Waals surface area contributed by atoms with Crippen LogP contribution in [0, 0.1) is 0 Å². The molecule has 0 bridgehead atoms. The highest BCUT2D eigenvalue weighted by atomic mass is 16.5. The van der Waals surface area contributed by atoms with E-state index >= 15 is 0 Å². The number of amides is 1. The van der Waals surface area contributed by atoms with Gasteiger partial charge in [-0.1, -0.05) is 24.3 Å². The van der Waals surface area contributed by atoms with Crippen LogP contribution >= 0.6 is 0 Å². The van der Waals surface area contributed by atoms with E-state index in [2.05, 4.69) is 48.2 Å². The number of hydrogen-bond donors (Lipinski definition) is 0. The predicted molar refractivity (Wildman–Crippen MR) is 114 cm³/mol. The standard InChI is InChI=1S/C23H31N3O2/c1-4-28-22-10-8-19(9-11-22)17-23(27)26-14-12-25(13-15-26)21-7-5-6-20(16-21)18-24(2)3/h5-11,16H,4,12-15,17-18H2,1-3H3. The number of benzene rings is 2. The topological polar surface area (TPSA) is 36.0 Å². The van der Waals surface area contributed by atoms with Crippen LogP contribution < -0.4 is 9.64 Å². The smallest absolute Gasteiger partial charge is 0.227 e. The summed E-state index contributed by atoms with van der Waals surface area (Å²) in [6.07, 6.45) is 0.449. The lowest BCUT2D eigenvalue weighted by Gasteiger charge is -2.36. The summed E-state index contributed by atoms with van der Waals surface area (Å²) >= 11 is 0. The van der Waals surface area contributed by atoms with E-state index in [-0.39, 0.29) is 5.91 Å².